The summed E-state index contributed by atoms with van der Waals surface area (Å²) in [4.78, 5) is 2.43. The topological polar surface area (TPSA) is 51.1 Å². The van der Waals surface area contributed by atoms with Gasteiger partial charge in [0.15, 0.2) is 0 Å². The van der Waals surface area contributed by atoms with Crippen LogP contribution in [-0.2, 0) is 0 Å². The second-order valence-corrected chi connectivity index (χ2v) is 4.18. The molecule has 0 aliphatic carbocycles. The van der Waals surface area contributed by atoms with E-state index in [0.717, 1.165) is 45.0 Å². The zero-order chi connectivity index (χ0) is 11.9. The number of hydrogen-bond donors (Lipinski definition) is 2. The highest BCUT2D eigenvalue weighted by atomic mass is 15.2. The van der Waals surface area contributed by atoms with Crippen LogP contribution in [0, 0.1) is 11.3 Å². The molecule has 0 spiro atoms. The molecule has 1 fully saturated rings. The van der Waals surface area contributed by atoms with Crippen molar-refractivity contribution in [2.45, 2.75) is 0 Å². The number of rotatable bonds is 4. The van der Waals surface area contributed by atoms with Gasteiger partial charge in [0.05, 0.1) is 11.3 Å². The molecule has 1 aliphatic rings. The van der Waals surface area contributed by atoms with E-state index in [4.69, 9.17) is 5.26 Å². The van der Waals surface area contributed by atoms with Gasteiger partial charge in [-0.3, -0.25) is 4.90 Å². The minimum absolute atomic E-state index is 0.716. The van der Waals surface area contributed by atoms with Gasteiger partial charge in [0, 0.05) is 39.3 Å². The van der Waals surface area contributed by atoms with Crippen LogP contribution in [0.15, 0.2) is 24.3 Å². The maximum atomic E-state index is 8.96. The first-order chi connectivity index (χ1) is 8.40. The molecule has 0 radical (unpaired) electrons. The van der Waals surface area contributed by atoms with Crippen molar-refractivity contribution in [2.75, 3.05) is 44.6 Å². The van der Waals surface area contributed by atoms with E-state index in [1.54, 1.807) is 0 Å². The highest BCUT2D eigenvalue weighted by Crippen LogP contribution is 2.12. The van der Waals surface area contributed by atoms with E-state index in [2.05, 4.69) is 21.6 Å². The first kappa shape index (κ1) is 11.9. The molecular formula is C13H18N4. The van der Waals surface area contributed by atoms with E-state index in [1.807, 2.05) is 24.3 Å². The van der Waals surface area contributed by atoms with Crippen molar-refractivity contribution in [1.29, 1.82) is 5.26 Å². The van der Waals surface area contributed by atoms with Crippen molar-refractivity contribution in [3.05, 3.63) is 29.8 Å². The summed E-state index contributed by atoms with van der Waals surface area (Å²) in [5, 5.41) is 15.6. The van der Waals surface area contributed by atoms with Crippen molar-refractivity contribution < 1.29 is 0 Å². The second kappa shape index (κ2) is 6.24. The standard InChI is InChI=1S/C13H18N4/c14-11-12-3-1-2-4-13(12)16-7-10-17-8-5-15-6-9-17/h1-4,15-16H,5-10H2. The summed E-state index contributed by atoms with van der Waals surface area (Å²) in [7, 11) is 0. The van der Waals surface area contributed by atoms with E-state index in [9.17, 15) is 0 Å². The van der Waals surface area contributed by atoms with Gasteiger partial charge in [-0.1, -0.05) is 12.1 Å². The van der Waals surface area contributed by atoms with Gasteiger partial charge >= 0.3 is 0 Å². The lowest BCUT2D eigenvalue weighted by Gasteiger charge is -2.27. The Balaban J connectivity index is 1.79. The fraction of sp³-hybridized carbons (Fsp3) is 0.462. The molecule has 1 heterocycles. The van der Waals surface area contributed by atoms with Gasteiger partial charge in [-0.2, -0.15) is 5.26 Å². The maximum Gasteiger partial charge on any atom is 0.101 e. The molecule has 0 amide bonds. The Morgan fingerprint density at radius 2 is 2.06 bits per heavy atom. The third kappa shape index (κ3) is 3.45. The fourth-order valence-corrected chi connectivity index (χ4v) is 2.02. The molecule has 17 heavy (non-hydrogen) atoms. The van der Waals surface area contributed by atoms with E-state index >= 15 is 0 Å². The Kier molecular flexibility index (Phi) is 4.37. The van der Waals surface area contributed by atoms with Crippen molar-refractivity contribution in [2.24, 2.45) is 0 Å². The highest BCUT2D eigenvalue weighted by Gasteiger charge is 2.08. The van der Waals surface area contributed by atoms with Crippen LogP contribution in [-0.4, -0.2) is 44.2 Å². The molecule has 0 bridgehead atoms. The molecule has 0 aromatic heterocycles. The average Bonchev–Trinajstić information content (AvgIpc) is 2.40. The zero-order valence-corrected chi connectivity index (χ0v) is 9.95. The quantitative estimate of drug-likeness (QED) is 0.806. The monoisotopic (exact) mass is 230 g/mol. The average molecular weight is 230 g/mol. The smallest absolute Gasteiger partial charge is 0.101 e. The number of benzene rings is 1. The van der Waals surface area contributed by atoms with Crippen molar-refractivity contribution in [1.82, 2.24) is 10.2 Å². The molecule has 90 valence electrons. The third-order valence-electron chi connectivity index (χ3n) is 3.00. The van der Waals surface area contributed by atoms with E-state index < -0.39 is 0 Å². The van der Waals surface area contributed by atoms with Gasteiger partial charge in [0.2, 0.25) is 0 Å². The van der Waals surface area contributed by atoms with Gasteiger partial charge in [-0.15, -0.1) is 0 Å². The van der Waals surface area contributed by atoms with E-state index in [1.165, 1.54) is 0 Å². The first-order valence-electron chi connectivity index (χ1n) is 6.06. The molecule has 1 saturated heterocycles. The Hall–Kier alpha value is -1.57. The Morgan fingerprint density at radius 1 is 1.29 bits per heavy atom. The second-order valence-electron chi connectivity index (χ2n) is 4.18. The van der Waals surface area contributed by atoms with Crippen molar-refractivity contribution in [3.63, 3.8) is 0 Å². The van der Waals surface area contributed by atoms with Gasteiger partial charge in [-0.05, 0) is 12.1 Å². The van der Waals surface area contributed by atoms with Crippen LogP contribution in [0.1, 0.15) is 5.56 Å². The number of anilines is 1. The molecular weight excluding hydrogens is 212 g/mol. The predicted octanol–water partition coefficient (Wildman–Crippen LogP) is 0.875. The van der Waals surface area contributed by atoms with Crippen LogP contribution in [0.2, 0.25) is 0 Å². The molecule has 1 aromatic carbocycles. The van der Waals surface area contributed by atoms with Crippen LogP contribution in [0.3, 0.4) is 0 Å². The molecule has 0 atom stereocenters. The SMILES string of the molecule is N#Cc1ccccc1NCCN1CCNCC1. The largest absolute Gasteiger partial charge is 0.383 e. The Bertz CT molecular complexity index is 391. The van der Waals surface area contributed by atoms with Crippen LogP contribution in [0.4, 0.5) is 5.69 Å². The molecule has 2 N–H and O–H groups in total. The van der Waals surface area contributed by atoms with Gasteiger partial charge in [-0.25, -0.2) is 0 Å². The van der Waals surface area contributed by atoms with Crippen molar-refractivity contribution in [3.8, 4) is 6.07 Å². The summed E-state index contributed by atoms with van der Waals surface area (Å²) in [6, 6.07) is 9.83. The number of piperazine rings is 1. The lowest BCUT2D eigenvalue weighted by atomic mass is 10.2. The number of nitriles is 1. The van der Waals surface area contributed by atoms with E-state index in [0.29, 0.717) is 5.56 Å². The van der Waals surface area contributed by atoms with Gasteiger partial charge in [0.1, 0.15) is 6.07 Å². The van der Waals surface area contributed by atoms with Crippen LogP contribution in [0.25, 0.3) is 0 Å². The summed E-state index contributed by atoms with van der Waals surface area (Å²) in [5.41, 5.74) is 1.65. The van der Waals surface area contributed by atoms with Crippen molar-refractivity contribution >= 4 is 5.69 Å². The lowest BCUT2D eigenvalue weighted by molar-refractivity contribution is 0.249. The Morgan fingerprint density at radius 3 is 2.82 bits per heavy atom. The summed E-state index contributed by atoms with van der Waals surface area (Å²) in [6.45, 7) is 6.30. The van der Waals surface area contributed by atoms with Gasteiger partial charge < -0.3 is 10.6 Å². The number of para-hydroxylation sites is 1. The fourth-order valence-electron chi connectivity index (χ4n) is 2.02. The maximum absolute atomic E-state index is 8.96. The molecule has 2 rings (SSSR count). The molecule has 4 nitrogen and oxygen atoms in total. The summed E-state index contributed by atoms with van der Waals surface area (Å²) < 4.78 is 0. The Labute approximate surface area is 102 Å². The number of nitrogens with zero attached hydrogens (tertiary/aromatic N) is 2. The molecule has 4 heteroatoms. The molecule has 0 unspecified atom stereocenters. The lowest BCUT2D eigenvalue weighted by Crippen LogP contribution is -2.45. The highest BCUT2D eigenvalue weighted by molar-refractivity contribution is 5.57. The third-order valence-corrected chi connectivity index (χ3v) is 3.00. The summed E-state index contributed by atoms with van der Waals surface area (Å²) in [6.07, 6.45) is 0. The van der Waals surface area contributed by atoms with E-state index in [-0.39, 0.29) is 0 Å². The first-order valence-corrected chi connectivity index (χ1v) is 6.06. The van der Waals surface area contributed by atoms with Gasteiger partial charge in [0.25, 0.3) is 0 Å². The molecule has 1 aliphatic heterocycles. The minimum Gasteiger partial charge on any atom is -0.383 e. The summed E-state index contributed by atoms with van der Waals surface area (Å²) >= 11 is 0. The molecule has 0 saturated carbocycles. The minimum atomic E-state index is 0.716. The van der Waals surface area contributed by atoms with Crippen LogP contribution < -0.4 is 10.6 Å². The number of nitrogens with one attached hydrogen (secondary N) is 2. The summed E-state index contributed by atoms with van der Waals surface area (Å²) in [5.74, 6) is 0. The number of hydrogen-bond acceptors (Lipinski definition) is 4. The van der Waals surface area contributed by atoms with Crippen LogP contribution >= 0.6 is 0 Å². The van der Waals surface area contributed by atoms with Crippen LogP contribution in [0.5, 0.6) is 0 Å². The normalized spacial score (nSPS) is 16.4. The molecule has 1 aromatic rings. The predicted molar refractivity (Wildman–Crippen MR) is 69.0 cm³/mol. The zero-order valence-electron chi connectivity index (χ0n) is 9.95.